The van der Waals surface area contributed by atoms with Crippen molar-refractivity contribution in [1.82, 2.24) is 0 Å². The Morgan fingerprint density at radius 1 is 1.00 bits per heavy atom. The maximum atomic E-state index is 3.54. The van der Waals surface area contributed by atoms with Crippen LogP contribution in [-0.4, -0.2) is 0 Å². The van der Waals surface area contributed by atoms with E-state index in [9.17, 15) is 0 Å². The van der Waals surface area contributed by atoms with Crippen LogP contribution in [0.2, 0.25) is 0 Å². The molecule has 0 amide bonds. The average Bonchev–Trinajstić information content (AvgIpc) is 1.37. The van der Waals surface area contributed by atoms with E-state index in [0.29, 0.717) is 0 Å². The van der Waals surface area contributed by atoms with Crippen LogP contribution in [0.3, 0.4) is 0 Å². The molecular formula is C4H8Rh. The average molecular weight is 159 g/mol. The first-order chi connectivity index (χ1) is 1.91. The van der Waals surface area contributed by atoms with E-state index in [1.54, 1.807) is 0 Å². The molecule has 0 saturated carbocycles. The van der Waals surface area contributed by atoms with Gasteiger partial charge in [-0.25, -0.2) is 12.8 Å². The summed E-state index contributed by atoms with van der Waals surface area (Å²) in [4.78, 5) is 0. The normalized spacial score (nSPS) is 6.00. The minimum atomic E-state index is 0. The van der Waals surface area contributed by atoms with Crippen LogP contribution in [0, 0.1) is 13.8 Å². The second kappa shape index (κ2) is 8.82. The summed E-state index contributed by atoms with van der Waals surface area (Å²) in [6.07, 6.45) is 1.92. The molecule has 0 aromatic rings. The first-order valence-electron chi connectivity index (χ1n) is 1.50. The molecule has 5 heavy (non-hydrogen) atoms. The Morgan fingerprint density at radius 2 is 1.20 bits per heavy atom. The molecule has 0 spiro atoms. The van der Waals surface area contributed by atoms with Crippen molar-refractivity contribution in [3.05, 3.63) is 13.8 Å². The van der Waals surface area contributed by atoms with Gasteiger partial charge in [0, 0.05) is 0 Å². The number of rotatable bonds is 1. The van der Waals surface area contributed by atoms with E-state index in [-0.39, 0.29) is 19.5 Å². The SMILES string of the molecule is [CH2-]CC[CH2-].[Rh+2]. The third-order valence-corrected chi connectivity index (χ3v) is 0.250. The van der Waals surface area contributed by atoms with E-state index < -0.39 is 0 Å². The van der Waals surface area contributed by atoms with Crippen LogP contribution in [0.1, 0.15) is 12.8 Å². The molecular weight excluding hydrogens is 151 g/mol. The van der Waals surface area contributed by atoms with Crippen molar-refractivity contribution in [1.29, 1.82) is 0 Å². The standard InChI is InChI=1S/C4H8.Rh/c1-3-4-2;/h1-4H2;/q-2;+2. The molecule has 0 fully saturated rings. The van der Waals surface area contributed by atoms with Gasteiger partial charge in [-0.15, -0.1) is 0 Å². The van der Waals surface area contributed by atoms with Crippen LogP contribution in [-0.2, 0) is 19.5 Å². The number of unbranched alkanes of at least 4 members (excludes halogenated alkanes) is 1. The Kier molecular flexibility index (Phi) is 16.2. The maximum absolute atomic E-state index is 3.54. The van der Waals surface area contributed by atoms with Gasteiger partial charge >= 0.3 is 19.5 Å². The van der Waals surface area contributed by atoms with Gasteiger partial charge in [0.25, 0.3) is 0 Å². The van der Waals surface area contributed by atoms with Crippen molar-refractivity contribution in [3.63, 3.8) is 0 Å². The van der Waals surface area contributed by atoms with Crippen LogP contribution in [0.5, 0.6) is 0 Å². The Balaban J connectivity index is 0. The monoisotopic (exact) mass is 159 g/mol. The summed E-state index contributed by atoms with van der Waals surface area (Å²) in [6, 6.07) is 0. The topological polar surface area (TPSA) is 0 Å². The van der Waals surface area contributed by atoms with E-state index in [1.807, 2.05) is 0 Å². The molecule has 0 nitrogen and oxygen atoms in total. The fourth-order valence-electron chi connectivity index (χ4n) is 0. The Labute approximate surface area is 46.7 Å². The summed E-state index contributed by atoms with van der Waals surface area (Å²) in [5, 5.41) is 0. The van der Waals surface area contributed by atoms with Gasteiger partial charge in [-0.1, -0.05) is 0 Å². The van der Waals surface area contributed by atoms with Gasteiger partial charge in [-0.05, 0) is 0 Å². The van der Waals surface area contributed by atoms with E-state index in [0.717, 1.165) is 12.8 Å². The summed E-state index contributed by atoms with van der Waals surface area (Å²) in [5.74, 6) is 0. The summed E-state index contributed by atoms with van der Waals surface area (Å²) < 4.78 is 0. The molecule has 0 bridgehead atoms. The molecule has 0 atom stereocenters. The zero-order valence-electron chi connectivity index (χ0n) is 3.16. The molecule has 0 saturated heterocycles. The number of hydrogen-bond acceptors (Lipinski definition) is 0. The second-order valence-corrected chi connectivity index (χ2v) is 0.707. The smallest absolute Gasteiger partial charge is 0.346 e. The van der Waals surface area contributed by atoms with Crippen LogP contribution >= 0.6 is 0 Å². The van der Waals surface area contributed by atoms with E-state index in [4.69, 9.17) is 0 Å². The van der Waals surface area contributed by atoms with Gasteiger partial charge in [0.05, 0.1) is 0 Å². The van der Waals surface area contributed by atoms with Crippen molar-refractivity contribution in [2.45, 2.75) is 12.8 Å². The molecule has 0 heterocycles. The predicted octanol–water partition coefficient (Wildman–Crippen LogP) is 1.43. The molecule has 0 rings (SSSR count). The Bertz CT molecular complexity index is 5.61. The minimum Gasteiger partial charge on any atom is -0.346 e. The molecule has 1 radical (unpaired) electrons. The van der Waals surface area contributed by atoms with E-state index in [2.05, 4.69) is 13.8 Å². The van der Waals surface area contributed by atoms with Crippen LogP contribution in [0.4, 0.5) is 0 Å². The molecule has 0 aliphatic rings. The Hall–Kier alpha value is 0.623. The first-order valence-corrected chi connectivity index (χ1v) is 1.50. The van der Waals surface area contributed by atoms with Gasteiger partial charge < -0.3 is 13.8 Å². The first kappa shape index (κ1) is 9.16. The zero-order chi connectivity index (χ0) is 3.41. The van der Waals surface area contributed by atoms with Gasteiger partial charge in [0.1, 0.15) is 0 Å². The van der Waals surface area contributed by atoms with Crippen LogP contribution in [0.15, 0.2) is 0 Å². The predicted molar refractivity (Wildman–Crippen MR) is 19.9 cm³/mol. The fourth-order valence-corrected chi connectivity index (χ4v) is 0. The van der Waals surface area contributed by atoms with Gasteiger partial charge in [0.2, 0.25) is 0 Å². The third kappa shape index (κ3) is 12.1. The van der Waals surface area contributed by atoms with Gasteiger partial charge in [0.15, 0.2) is 0 Å². The molecule has 0 aliphatic carbocycles. The van der Waals surface area contributed by atoms with Crippen molar-refractivity contribution in [3.8, 4) is 0 Å². The van der Waals surface area contributed by atoms with Crippen molar-refractivity contribution < 1.29 is 19.5 Å². The Morgan fingerprint density at radius 3 is 1.20 bits per heavy atom. The van der Waals surface area contributed by atoms with Gasteiger partial charge in [-0.3, -0.25) is 0 Å². The minimum absolute atomic E-state index is 0. The maximum Gasteiger partial charge on any atom is 2.00 e. The van der Waals surface area contributed by atoms with Crippen LogP contribution in [0.25, 0.3) is 0 Å². The van der Waals surface area contributed by atoms with Crippen molar-refractivity contribution >= 4 is 0 Å². The second-order valence-electron chi connectivity index (χ2n) is 0.707. The van der Waals surface area contributed by atoms with Crippen molar-refractivity contribution in [2.24, 2.45) is 0 Å². The number of hydrogen-bond donors (Lipinski definition) is 0. The summed E-state index contributed by atoms with van der Waals surface area (Å²) >= 11 is 0. The molecule has 0 aromatic carbocycles. The molecule has 0 N–H and O–H groups in total. The molecule has 1 heteroatoms. The van der Waals surface area contributed by atoms with E-state index in [1.165, 1.54) is 0 Å². The summed E-state index contributed by atoms with van der Waals surface area (Å²) in [5.41, 5.74) is 0. The van der Waals surface area contributed by atoms with Crippen LogP contribution < -0.4 is 0 Å². The third-order valence-electron chi connectivity index (χ3n) is 0.250. The fraction of sp³-hybridized carbons (Fsp3) is 0.500. The van der Waals surface area contributed by atoms with Gasteiger partial charge in [-0.2, -0.15) is 0 Å². The largest absolute Gasteiger partial charge is 2.00 e. The summed E-state index contributed by atoms with van der Waals surface area (Å²) in [6.45, 7) is 7.08. The molecule has 0 unspecified atom stereocenters. The van der Waals surface area contributed by atoms with Crippen molar-refractivity contribution in [2.75, 3.05) is 0 Å². The quantitative estimate of drug-likeness (QED) is 0.401. The molecule has 0 aliphatic heterocycles. The molecule has 0 aromatic heterocycles. The zero-order valence-corrected chi connectivity index (χ0v) is 4.80. The summed E-state index contributed by atoms with van der Waals surface area (Å²) in [7, 11) is 0. The van der Waals surface area contributed by atoms with E-state index >= 15 is 0 Å². The molecule has 33 valence electrons.